The SMILES string of the molecule is O=C(NCc1ccccc1CN1CCCCC1)c1cc(Cl)c2c(c1)OCO2. The van der Waals surface area contributed by atoms with Crippen LogP contribution >= 0.6 is 11.6 Å². The summed E-state index contributed by atoms with van der Waals surface area (Å²) in [5.74, 6) is 0.834. The number of piperidine rings is 1. The Labute approximate surface area is 164 Å². The van der Waals surface area contributed by atoms with Gasteiger partial charge in [0.15, 0.2) is 11.5 Å². The quantitative estimate of drug-likeness (QED) is 0.844. The number of ether oxygens (including phenoxy) is 2. The highest BCUT2D eigenvalue weighted by molar-refractivity contribution is 6.32. The number of rotatable bonds is 5. The second-order valence-corrected chi connectivity index (χ2v) is 7.39. The summed E-state index contributed by atoms with van der Waals surface area (Å²) in [5.41, 5.74) is 2.88. The molecule has 2 aromatic rings. The van der Waals surface area contributed by atoms with Gasteiger partial charge in [-0.05, 0) is 49.2 Å². The van der Waals surface area contributed by atoms with Crippen molar-refractivity contribution in [3.8, 4) is 11.5 Å². The lowest BCUT2D eigenvalue weighted by Crippen LogP contribution is -2.30. The zero-order valence-electron chi connectivity index (χ0n) is 15.2. The zero-order valence-corrected chi connectivity index (χ0v) is 15.9. The van der Waals surface area contributed by atoms with Crippen molar-refractivity contribution in [2.45, 2.75) is 32.4 Å². The van der Waals surface area contributed by atoms with Gasteiger partial charge in [-0.25, -0.2) is 0 Å². The third-order valence-electron chi connectivity index (χ3n) is 5.09. The van der Waals surface area contributed by atoms with E-state index in [2.05, 4.69) is 28.4 Å². The van der Waals surface area contributed by atoms with E-state index in [0.717, 1.165) is 25.2 Å². The molecule has 0 unspecified atom stereocenters. The van der Waals surface area contributed by atoms with Crippen molar-refractivity contribution in [3.05, 3.63) is 58.1 Å². The Balaban J connectivity index is 1.43. The van der Waals surface area contributed by atoms with E-state index in [1.54, 1.807) is 12.1 Å². The van der Waals surface area contributed by atoms with Crippen LogP contribution in [0, 0.1) is 0 Å². The van der Waals surface area contributed by atoms with E-state index >= 15 is 0 Å². The van der Waals surface area contributed by atoms with Crippen molar-refractivity contribution >= 4 is 17.5 Å². The van der Waals surface area contributed by atoms with E-state index < -0.39 is 0 Å². The molecule has 0 bridgehead atoms. The number of likely N-dealkylation sites (tertiary alicyclic amines) is 1. The van der Waals surface area contributed by atoms with Gasteiger partial charge in [0.2, 0.25) is 6.79 Å². The smallest absolute Gasteiger partial charge is 0.251 e. The average molecular weight is 387 g/mol. The summed E-state index contributed by atoms with van der Waals surface area (Å²) >= 11 is 6.18. The first-order valence-electron chi connectivity index (χ1n) is 9.37. The number of hydrogen-bond acceptors (Lipinski definition) is 4. The van der Waals surface area contributed by atoms with Gasteiger partial charge in [0.1, 0.15) is 0 Å². The van der Waals surface area contributed by atoms with Crippen molar-refractivity contribution in [2.24, 2.45) is 0 Å². The molecule has 4 rings (SSSR count). The molecular weight excluding hydrogens is 364 g/mol. The molecule has 5 nitrogen and oxygen atoms in total. The molecule has 1 amide bonds. The molecule has 0 aliphatic carbocycles. The first-order chi connectivity index (χ1) is 13.2. The number of benzene rings is 2. The summed E-state index contributed by atoms with van der Waals surface area (Å²) in [6, 6.07) is 11.6. The molecule has 0 radical (unpaired) electrons. The van der Waals surface area contributed by atoms with Crippen LogP contribution < -0.4 is 14.8 Å². The highest BCUT2D eigenvalue weighted by Gasteiger charge is 2.21. The molecule has 1 saturated heterocycles. The van der Waals surface area contributed by atoms with E-state index in [1.165, 1.54) is 24.8 Å². The van der Waals surface area contributed by atoms with E-state index in [0.29, 0.717) is 28.6 Å². The van der Waals surface area contributed by atoms with Crippen LogP contribution in [0.2, 0.25) is 5.02 Å². The minimum atomic E-state index is -0.178. The summed E-state index contributed by atoms with van der Waals surface area (Å²) in [6.07, 6.45) is 3.86. The maximum atomic E-state index is 12.6. The predicted octanol–water partition coefficient (Wildman–Crippen LogP) is 3.98. The van der Waals surface area contributed by atoms with Crippen LogP contribution in [-0.2, 0) is 13.1 Å². The topological polar surface area (TPSA) is 50.8 Å². The van der Waals surface area contributed by atoms with E-state index in [9.17, 15) is 4.79 Å². The van der Waals surface area contributed by atoms with Gasteiger partial charge in [-0.2, -0.15) is 0 Å². The third kappa shape index (κ3) is 4.20. The highest BCUT2D eigenvalue weighted by Crippen LogP contribution is 2.39. The molecule has 1 N–H and O–H groups in total. The van der Waals surface area contributed by atoms with E-state index in [-0.39, 0.29) is 12.7 Å². The standard InChI is InChI=1S/C21H23ClN2O3/c22-18-10-17(11-19-20(18)27-14-26-19)21(25)23-12-15-6-2-3-7-16(15)13-24-8-4-1-5-9-24/h2-3,6-7,10-11H,1,4-5,8-9,12-14H2,(H,23,25). The maximum absolute atomic E-state index is 12.6. The second-order valence-electron chi connectivity index (χ2n) is 6.98. The van der Waals surface area contributed by atoms with Gasteiger partial charge in [0, 0.05) is 18.7 Å². The highest BCUT2D eigenvalue weighted by atomic mass is 35.5. The number of fused-ring (bicyclic) bond motifs is 1. The summed E-state index contributed by atoms with van der Waals surface area (Å²) in [4.78, 5) is 15.1. The first-order valence-corrected chi connectivity index (χ1v) is 9.75. The van der Waals surface area contributed by atoms with Crippen LogP contribution in [-0.4, -0.2) is 30.7 Å². The van der Waals surface area contributed by atoms with E-state index in [4.69, 9.17) is 21.1 Å². The van der Waals surface area contributed by atoms with Crippen molar-refractivity contribution in [2.75, 3.05) is 19.9 Å². The Bertz CT molecular complexity index is 834. The van der Waals surface area contributed by atoms with Gasteiger partial charge >= 0.3 is 0 Å². The summed E-state index contributed by atoms with van der Waals surface area (Å²) in [7, 11) is 0. The van der Waals surface area contributed by atoms with E-state index in [1.807, 2.05) is 6.07 Å². The zero-order chi connectivity index (χ0) is 18.6. The minimum absolute atomic E-state index is 0.129. The molecule has 2 aliphatic heterocycles. The number of nitrogens with zero attached hydrogens (tertiary/aromatic N) is 1. The molecule has 142 valence electrons. The summed E-state index contributed by atoms with van der Waals surface area (Å²) in [6.45, 7) is 3.84. The van der Waals surface area contributed by atoms with Gasteiger partial charge in [0.05, 0.1) is 5.02 Å². The number of carbonyl (C=O) groups excluding carboxylic acids is 1. The molecular formula is C21H23ClN2O3. The monoisotopic (exact) mass is 386 g/mol. The normalized spacial score (nSPS) is 16.3. The number of carbonyl (C=O) groups is 1. The molecule has 2 aliphatic rings. The fourth-order valence-electron chi connectivity index (χ4n) is 3.62. The Kier molecular flexibility index (Phi) is 5.50. The van der Waals surface area contributed by atoms with Crippen LogP contribution in [0.4, 0.5) is 0 Å². The van der Waals surface area contributed by atoms with Crippen LogP contribution in [0.15, 0.2) is 36.4 Å². The number of halogens is 1. The molecule has 27 heavy (non-hydrogen) atoms. The lowest BCUT2D eigenvalue weighted by atomic mass is 10.0. The minimum Gasteiger partial charge on any atom is -0.454 e. The largest absolute Gasteiger partial charge is 0.454 e. The second kappa shape index (κ2) is 8.19. The number of nitrogens with one attached hydrogen (secondary N) is 1. The Morgan fingerprint density at radius 3 is 2.67 bits per heavy atom. The molecule has 0 aromatic heterocycles. The average Bonchev–Trinajstić information content (AvgIpc) is 3.17. The van der Waals surface area contributed by atoms with Gasteiger partial charge in [-0.1, -0.05) is 42.3 Å². The third-order valence-corrected chi connectivity index (χ3v) is 5.37. The van der Waals surface area contributed by atoms with Gasteiger partial charge in [-0.15, -0.1) is 0 Å². The number of hydrogen-bond donors (Lipinski definition) is 1. The molecule has 2 heterocycles. The van der Waals surface area contributed by atoms with Crippen LogP contribution in [0.1, 0.15) is 40.7 Å². The fraction of sp³-hybridized carbons (Fsp3) is 0.381. The molecule has 6 heteroatoms. The van der Waals surface area contributed by atoms with Crippen LogP contribution in [0.3, 0.4) is 0 Å². The van der Waals surface area contributed by atoms with Crippen LogP contribution in [0.5, 0.6) is 11.5 Å². The van der Waals surface area contributed by atoms with Crippen molar-refractivity contribution in [1.29, 1.82) is 0 Å². The molecule has 1 fully saturated rings. The molecule has 0 spiro atoms. The van der Waals surface area contributed by atoms with Gasteiger partial charge < -0.3 is 14.8 Å². The van der Waals surface area contributed by atoms with Crippen molar-refractivity contribution < 1.29 is 14.3 Å². The Hall–Kier alpha value is -2.24. The van der Waals surface area contributed by atoms with Gasteiger partial charge in [-0.3, -0.25) is 9.69 Å². The lowest BCUT2D eigenvalue weighted by Gasteiger charge is -2.27. The Morgan fingerprint density at radius 1 is 1.07 bits per heavy atom. The van der Waals surface area contributed by atoms with Gasteiger partial charge in [0.25, 0.3) is 5.91 Å². The molecule has 0 atom stereocenters. The Morgan fingerprint density at radius 2 is 1.85 bits per heavy atom. The molecule has 0 saturated carbocycles. The summed E-state index contributed by atoms with van der Waals surface area (Å²) < 4.78 is 10.6. The summed E-state index contributed by atoms with van der Waals surface area (Å²) in [5, 5.41) is 3.39. The van der Waals surface area contributed by atoms with Crippen molar-refractivity contribution in [3.63, 3.8) is 0 Å². The first kappa shape index (κ1) is 18.1. The maximum Gasteiger partial charge on any atom is 0.251 e. The number of amides is 1. The molecule has 2 aromatic carbocycles. The lowest BCUT2D eigenvalue weighted by molar-refractivity contribution is 0.0950. The van der Waals surface area contributed by atoms with Crippen molar-refractivity contribution in [1.82, 2.24) is 10.2 Å². The van der Waals surface area contributed by atoms with Crippen LogP contribution in [0.25, 0.3) is 0 Å². The fourth-order valence-corrected chi connectivity index (χ4v) is 3.88. The predicted molar refractivity (Wildman–Crippen MR) is 104 cm³/mol.